The van der Waals surface area contributed by atoms with Gasteiger partial charge in [-0.3, -0.25) is 0 Å². The molecule has 92 heavy (non-hydrogen) atoms. The molecule has 13 aromatic carbocycles. The quantitative estimate of drug-likeness (QED) is 0.166. The van der Waals surface area contributed by atoms with Gasteiger partial charge in [0.2, 0.25) is 0 Å². The van der Waals surface area contributed by atoms with E-state index in [1.165, 1.54) is 44.5 Å². The average molecular weight is 1170 g/mol. The van der Waals surface area contributed by atoms with Crippen LogP contribution < -0.4 is 0 Å². The monoisotopic (exact) mass is 1170 g/mol. The Hall–Kier alpha value is -12.0. The van der Waals surface area contributed by atoms with E-state index < -0.39 is 0 Å². The molecule has 0 atom stereocenters. The molecule has 0 saturated heterocycles. The summed E-state index contributed by atoms with van der Waals surface area (Å²) in [6, 6.07) is 102. The van der Waals surface area contributed by atoms with Gasteiger partial charge in [-0.2, -0.15) is 10.5 Å². The molecule has 0 amide bonds. The predicted molar refractivity (Wildman–Crippen MR) is 379 cm³/mol. The first-order valence-electron chi connectivity index (χ1n) is 31.7. The summed E-state index contributed by atoms with van der Waals surface area (Å²) < 4.78 is 9.22. The largest absolute Gasteiger partial charge is 0.309 e. The van der Waals surface area contributed by atoms with E-state index in [2.05, 4.69) is 313 Å². The number of nitrogens with zero attached hydrogens (tertiary/aromatic N) is 6. The molecule has 0 bridgehead atoms. The van der Waals surface area contributed by atoms with Crippen LogP contribution in [0.3, 0.4) is 0 Å². The number of rotatable bonds is 6. The lowest BCUT2D eigenvalue weighted by Gasteiger charge is -2.22. The number of benzene rings is 13. The van der Waals surface area contributed by atoms with Crippen molar-refractivity contribution in [2.24, 2.45) is 0 Å². The van der Waals surface area contributed by atoms with Crippen molar-refractivity contribution >= 4 is 87.2 Å². The van der Waals surface area contributed by atoms with Gasteiger partial charge in [0.15, 0.2) is 0 Å². The van der Waals surface area contributed by atoms with E-state index in [1.54, 1.807) is 0 Å². The number of aromatic nitrogens is 4. The third kappa shape index (κ3) is 7.07. The Bertz CT molecular complexity index is 5820. The summed E-state index contributed by atoms with van der Waals surface area (Å²) in [5, 5.41) is 32.3. The van der Waals surface area contributed by atoms with Crippen LogP contribution in [0.1, 0.15) is 61.1 Å². The van der Waals surface area contributed by atoms with Crippen LogP contribution in [0.5, 0.6) is 0 Å². The molecule has 0 N–H and O–H groups in total. The Labute approximate surface area is 531 Å². The van der Waals surface area contributed by atoms with Gasteiger partial charge in [0.25, 0.3) is 0 Å². The van der Waals surface area contributed by atoms with Crippen LogP contribution in [-0.2, 0) is 10.8 Å². The fourth-order valence-electron chi connectivity index (χ4n) is 16.4. The second kappa shape index (κ2) is 18.8. The maximum atomic E-state index is 11.8. The van der Waals surface area contributed by atoms with Crippen molar-refractivity contribution in [1.29, 1.82) is 10.5 Å². The second-order valence-corrected chi connectivity index (χ2v) is 26.3. The highest BCUT2D eigenvalue weighted by atomic mass is 15.0. The van der Waals surface area contributed by atoms with E-state index in [0.29, 0.717) is 22.5 Å². The lowest BCUT2D eigenvalue weighted by atomic mass is 9.81. The molecule has 0 radical (unpaired) electrons. The number of hydrogen-bond acceptors (Lipinski definition) is 2. The Morgan fingerprint density at radius 2 is 0.565 bits per heavy atom. The summed E-state index contributed by atoms with van der Waals surface area (Å²) in [6.07, 6.45) is 0. The molecule has 0 saturated carbocycles. The summed E-state index contributed by atoms with van der Waals surface area (Å²) in [4.78, 5) is 0. The summed E-state index contributed by atoms with van der Waals surface area (Å²) in [5.74, 6) is 0. The zero-order valence-corrected chi connectivity index (χ0v) is 51.1. The zero-order valence-electron chi connectivity index (χ0n) is 51.1. The van der Waals surface area contributed by atoms with E-state index in [-0.39, 0.29) is 10.8 Å². The van der Waals surface area contributed by atoms with Crippen molar-refractivity contribution in [3.63, 3.8) is 0 Å². The average Bonchev–Trinajstić information content (AvgIpc) is 1.57. The fraction of sp³-hybridized carbons (Fsp3) is 0.0698. The maximum Gasteiger partial charge on any atom is 0.101 e. The Balaban J connectivity index is 0.858. The minimum absolute atomic E-state index is 0.165. The molecule has 0 aliphatic heterocycles. The Kier molecular flexibility index (Phi) is 10.6. The SMILES string of the molecule is CC1(C)c2ccccc2-c2ccc(-c3ccc4c(c3)c3cc5c(cc3n4-c3cc(C#N)c(-n4c6ccc(-c7ccc8c(c7)C(C)(C)c7ccccc7-8)cc6c6cc7c(cc64)c4ccccc4n7-c4ccccc4)cc3C#N)c3ccccc3n5-c3ccccc3)cc21. The van der Waals surface area contributed by atoms with Gasteiger partial charge in [-0.15, -0.1) is 0 Å². The van der Waals surface area contributed by atoms with E-state index in [4.69, 9.17) is 0 Å². The molecule has 19 rings (SSSR count). The minimum Gasteiger partial charge on any atom is -0.309 e. The van der Waals surface area contributed by atoms with Crippen LogP contribution in [0.25, 0.3) is 154 Å². The van der Waals surface area contributed by atoms with E-state index >= 15 is 0 Å². The number of hydrogen-bond donors (Lipinski definition) is 0. The third-order valence-electron chi connectivity index (χ3n) is 20.8. The summed E-state index contributed by atoms with van der Waals surface area (Å²) in [6.45, 7) is 9.33. The van der Waals surface area contributed by atoms with Crippen LogP contribution in [0, 0.1) is 22.7 Å². The van der Waals surface area contributed by atoms with Gasteiger partial charge >= 0.3 is 0 Å². The van der Waals surface area contributed by atoms with Crippen molar-refractivity contribution < 1.29 is 0 Å². The van der Waals surface area contributed by atoms with E-state index in [1.807, 2.05) is 12.1 Å². The molecular formula is C86H56N6. The van der Waals surface area contributed by atoms with Crippen molar-refractivity contribution in [2.75, 3.05) is 0 Å². The second-order valence-electron chi connectivity index (χ2n) is 26.3. The highest BCUT2D eigenvalue weighted by Crippen LogP contribution is 2.53. The smallest absolute Gasteiger partial charge is 0.101 e. The van der Waals surface area contributed by atoms with Crippen molar-refractivity contribution in [3.8, 4) is 79.4 Å². The molecule has 17 aromatic rings. The van der Waals surface area contributed by atoms with Gasteiger partial charge in [0, 0.05) is 65.3 Å². The number of para-hydroxylation sites is 4. The first-order chi connectivity index (χ1) is 45.0. The summed E-state index contributed by atoms with van der Waals surface area (Å²) in [5.41, 5.74) is 27.1. The van der Waals surface area contributed by atoms with Crippen LogP contribution in [0.15, 0.2) is 267 Å². The van der Waals surface area contributed by atoms with Crippen LogP contribution in [-0.4, -0.2) is 18.3 Å². The molecule has 6 heteroatoms. The first kappa shape index (κ1) is 52.0. The van der Waals surface area contributed by atoms with Gasteiger partial charge in [0.1, 0.15) is 12.1 Å². The number of fused-ring (bicyclic) bond motifs is 18. The molecule has 2 aliphatic carbocycles. The Morgan fingerprint density at radius 3 is 0.989 bits per heavy atom. The highest BCUT2D eigenvalue weighted by molar-refractivity contribution is 6.21. The molecule has 430 valence electrons. The van der Waals surface area contributed by atoms with Gasteiger partial charge in [-0.1, -0.05) is 185 Å². The maximum absolute atomic E-state index is 11.8. The summed E-state index contributed by atoms with van der Waals surface area (Å²) >= 11 is 0. The molecule has 4 aromatic heterocycles. The van der Waals surface area contributed by atoms with E-state index in [0.717, 1.165) is 121 Å². The topological polar surface area (TPSA) is 67.3 Å². The van der Waals surface area contributed by atoms with Crippen molar-refractivity contribution in [1.82, 2.24) is 18.3 Å². The predicted octanol–water partition coefficient (Wildman–Crippen LogP) is 21.8. The van der Waals surface area contributed by atoms with Crippen LogP contribution >= 0.6 is 0 Å². The Morgan fingerprint density at radius 1 is 0.250 bits per heavy atom. The lowest BCUT2D eigenvalue weighted by molar-refractivity contribution is 0.660. The highest BCUT2D eigenvalue weighted by Gasteiger charge is 2.37. The fourth-order valence-corrected chi connectivity index (χ4v) is 16.4. The zero-order chi connectivity index (χ0) is 61.5. The van der Waals surface area contributed by atoms with Gasteiger partial charge in [-0.25, -0.2) is 0 Å². The molecular weight excluding hydrogens is 1120 g/mol. The normalized spacial score (nSPS) is 13.6. The van der Waals surface area contributed by atoms with E-state index in [9.17, 15) is 10.5 Å². The molecule has 0 unspecified atom stereocenters. The third-order valence-corrected chi connectivity index (χ3v) is 20.8. The van der Waals surface area contributed by atoms with Crippen molar-refractivity contribution in [2.45, 2.75) is 38.5 Å². The molecule has 4 heterocycles. The summed E-state index contributed by atoms with van der Waals surface area (Å²) in [7, 11) is 0. The minimum atomic E-state index is -0.165. The van der Waals surface area contributed by atoms with Gasteiger partial charge < -0.3 is 18.3 Å². The van der Waals surface area contributed by atoms with Crippen LogP contribution in [0.4, 0.5) is 0 Å². The molecule has 0 spiro atoms. The molecule has 6 nitrogen and oxygen atoms in total. The lowest BCUT2D eigenvalue weighted by Crippen LogP contribution is -2.14. The van der Waals surface area contributed by atoms with Gasteiger partial charge in [-0.05, 0) is 176 Å². The molecule has 0 fully saturated rings. The first-order valence-corrected chi connectivity index (χ1v) is 31.7. The molecule has 2 aliphatic rings. The van der Waals surface area contributed by atoms with Crippen molar-refractivity contribution in [3.05, 3.63) is 300 Å². The van der Waals surface area contributed by atoms with Gasteiger partial charge in [0.05, 0.1) is 66.6 Å². The number of nitriles is 2. The standard InChI is InChI=1S/C86H56N6/c1-85(2)71-27-15-11-23-59(71)61-35-31-53(41-73(61)85)51-33-37-77-65(39-51)69-47-81-67(63-25-13-17-29-75(63)89(81)57-19-7-5-8-20-57)45-83(69)91(77)79-43-56(50-88)80(44-55(79)49-87)92-78-38-34-52(54-32-36-62-60-24-12-16-28-72(60)86(3,4)74(62)42-54)40-66(78)70-48-82-68(46-84(70)92)64-26-14-18-30-76(64)90(82)58-21-9-6-10-22-58/h5-48H,1-4H3. The van der Waals surface area contributed by atoms with Crippen LogP contribution in [0.2, 0.25) is 0 Å².